The molecular weight excluding hydrogens is 787 g/mol. The van der Waals surface area contributed by atoms with Crippen molar-refractivity contribution in [2.45, 2.75) is 92.1 Å². The summed E-state index contributed by atoms with van der Waals surface area (Å²) in [6.45, 7) is 4.07. The molecule has 3 fully saturated rings. The van der Waals surface area contributed by atoms with Crippen molar-refractivity contribution in [3.8, 4) is 0 Å². The zero-order valence-corrected chi connectivity index (χ0v) is 34.9. The Kier molecular flexibility index (Phi) is 21.6. The van der Waals surface area contributed by atoms with Crippen LogP contribution in [0.15, 0.2) is 12.7 Å². The summed E-state index contributed by atoms with van der Waals surface area (Å²) in [7, 11) is 19.6. The molecule has 15 unspecified atom stereocenters. The minimum Gasteiger partial charge on any atom is -0.387 e. The van der Waals surface area contributed by atoms with Crippen molar-refractivity contribution in [3.05, 3.63) is 12.7 Å². The standard InChI is InChI=1S/C21H45O16P9/c1-2-3-23-19-17(36-45)15(34-43)12(8(27-19)5-25-39)31-21-18(37-46)16(35-44)13(9(29-21)6-26-40)30-20-14(33-42)10(22)11(32-41)7(28-20)4-24-38/h2,7-22H,1,3-6,38-46H2/t7?,8?,9?,10-,11-,12+,13-,14?,15-,16-,17-,18?,19?,20+,21-/m0/s1. The van der Waals surface area contributed by atoms with Gasteiger partial charge in [-0.05, 0) is 0 Å². The molecule has 46 heavy (non-hydrogen) atoms. The Morgan fingerprint density at radius 3 is 1.26 bits per heavy atom. The van der Waals surface area contributed by atoms with Crippen molar-refractivity contribution in [2.24, 2.45) is 0 Å². The van der Waals surface area contributed by atoms with Gasteiger partial charge in [0.1, 0.15) is 73.2 Å². The van der Waals surface area contributed by atoms with Crippen molar-refractivity contribution in [1.82, 2.24) is 0 Å². The van der Waals surface area contributed by atoms with Gasteiger partial charge in [-0.3, -0.25) is 0 Å². The van der Waals surface area contributed by atoms with Gasteiger partial charge < -0.3 is 74.2 Å². The summed E-state index contributed by atoms with van der Waals surface area (Å²) < 4.78 is 87.4. The van der Waals surface area contributed by atoms with E-state index in [1.165, 1.54) is 0 Å². The molecule has 0 aromatic rings. The number of rotatable bonds is 19. The van der Waals surface area contributed by atoms with E-state index in [9.17, 15) is 5.11 Å². The third-order valence-corrected chi connectivity index (χ3v) is 9.95. The van der Waals surface area contributed by atoms with E-state index in [-0.39, 0.29) is 26.4 Å². The number of aliphatic hydroxyl groups is 1. The van der Waals surface area contributed by atoms with E-state index in [4.69, 9.17) is 69.1 Å². The van der Waals surface area contributed by atoms with Crippen LogP contribution in [-0.2, 0) is 69.1 Å². The van der Waals surface area contributed by atoms with Crippen molar-refractivity contribution in [3.63, 3.8) is 0 Å². The monoisotopic (exact) mass is 832 g/mol. The third-order valence-electron chi connectivity index (χ3n) is 7.48. The van der Waals surface area contributed by atoms with Crippen LogP contribution < -0.4 is 0 Å². The Balaban J connectivity index is 1.91. The first-order chi connectivity index (χ1) is 22.3. The number of ether oxygens (including phenoxy) is 6. The van der Waals surface area contributed by atoms with Gasteiger partial charge in [-0.25, -0.2) is 0 Å². The van der Waals surface area contributed by atoms with Crippen LogP contribution in [0, 0.1) is 0 Å². The van der Waals surface area contributed by atoms with Gasteiger partial charge in [0.15, 0.2) is 18.9 Å². The smallest absolute Gasteiger partial charge is 0.187 e. The highest BCUT2D eigenvalue weighted by Gasteiger charge is 2.56. The van der Waals surface area contributed by atoms with Crippen LogP contribution >= 0.6 is 85.2 Å². The SMILES string of the molecule is C=CCOC1OC(COP)[C@@H](O[C@@H]2OC(COP)[C@H](O[C@H]3OC(COP)[C@H](OP)[C@H](O)C3OP)[C@H](OP)C2OP)[C@H](OP)[C@@H]1OP. The third kappa shape index (κ3) is 10.8. The molecule has 3 aliphatic heterocycles. The lowest BCUT2D eigenvalue weighted by Crippen LogP contribution is -2.67. The predicted octanol–water partition coefficient (Wildman–Crippen LogP) is 0.967. The van der Waals surface area contributed by atoms with E-state index < -0.39 is 92.1 Å². The Hall–Kier alpha value is 2.97. The largest absolute Gasteiger partial charge is 0.387 e. The van der Waals surface area contributed by atoms with Crippen molar-refractivity contribution < 1.29 is 74.2 Å². The van der Waals surface area contributed by atoms with Crippen LogP contribution in [0.2, 0.25) is 0 Å². The number of hydrogen-bond donors (Lipinski definition) is 1. The molecule has 25 heteroatoms. The van der Waals surface area contributed by atoms with Crippen LogP contribution in [-0.4, -0.2) is 124 Å². The lowest BCUT2D eigenvalue weighted by atomic mass is 9.96. The molecule has 0 aromatic carbocycles. The Morgan fingerprint density at radius 2 is 0.870 bits per heavy atom. The molecule has 0 spiro atoms. The first-order valence-electron chi connectivity index (χ1n) is 13.6. The highest BCUT2D eigenvalue weighted by atomic mass is 31.0. The van der Waals surface area contributed by atoms with E-state index in [2.05, 4.69) is 91.8 Å². The fourth-order valence-electron chi connectivity index (χ4n) is 5.40. The molecule has 24 atom stereocenters. The summed E-state index contributed by atoms with van der Waals surface area (Å²) in [4.78, 5) is 0. The van der Waals surface area contributed by atoms with Gasteiger partial charge in [0.25, 0.3) is 0 Å². The van der Waals surface area contributed by atoms with Crippen LogP contribution in [0.1, 0.15) is 0 Å². The lowest BCUT2D eigenvalue weighted by Gasteiger charge is -2.50. The maximum Gasteiger partial charge on any atom is 0.187 e. The highest BCUT2D eigenvalue weighted by Crippen LogP contribution is 2.39. The average molecular weight is 832 g/mol. The molecule has 3 saturated heterocycles. The summed E-state index contributed by atoms with van der Waals surface area (Å²) in [5.41, 5.74) is 0. The Bertz CT molecular complexity index is 878. The molecule has 3 heterocycles. The summed E-state index contributed by atoms with van der Waals surface area (Å²) in [5, 5.41) is 11.1. The maximum absolute atomic E-state index is 11.1. The zero-order chi connectivity index (χ0) is 33.8. The van der Waals surface area contributed by atoms with Crippen molar-refractivity contribution in [1.29, 1.82) is 0 Å². The summed E-state index contributed by atoms with van der Waals surface area (Å²) >= 11 is 0. The first-order valence-corrected chi connectivity index (χ1v) is 17.8. The van der Waals surface area contributed by atoms with Gasteiger partial charge in [0, 0.05) is 85.2 Å². The number of aliphatic hydroxyl groups excluding tert-OH is 1. The Labute approximate surface area is 290 Å². The summed E-state index contributed by atoms with van der Waals surface area (Å²) in [5.74, 6) is 0. The molecule has 0 amide bonds. The fourth-order valence-corrected chi connectivity index (χ4v) is 7.78. The van der Waals surface area contributed by atoms with Gasteiger partial charge >= 0.3 is 0 Å². The number of hydrogen-bond acceptors (Lipinski definition) is 16. The second-order valence-electron chi connectivity index (χ2n) is 10.0. The molecule has 1 N–H and O–H groups in total. The highest BCUT2D eigenvalue weighted by molar-refractivity contribution is 7.11. The predicted molar refractivity (Wildman–Crippen MR) is 192 cm³/mol. The molecule has 0 saturated carbocycles. The van der Waals surface area contributed by atoms with Crippen LogP contribution in [0.4, 0.5) is 0 Å². The van der Waals surface area contributed by atoms with Crippen molar-refractivity contribution >= 4 is 85.2 Å². The second-order valence-corrected chi connectivity index (χ2v) is 12.7. The second kappa shape index (κ2) is 22.9. The fraction of sp³-hybridized carbons (Fsp3) is 0.905. The van der Waals surface area contributed by atoms with Gasteiger partial charge in [0.2, 0.25) is 0 Å². The molecular formula is C21H45O16P9. The van der Waals surface area contributed by atoms with Gasteiger partial charge in [0.05, 0.1) is 26.4 Å². The minimum atomic E-state index is -1.16. The summed E-state index contributed by atoms with van der Waals surface area (Å²) in [6.07, 6.45) is -11.6. The van der Waals surface area contributed by atoms with E-state index in [1.54, 1.807) is 6.08 Å². The molecule has 0 aliphatic carbocycles. The first kappa shape index (κ1) is 43.4. The van der Waals surface area contributed by atoms with Gasteiger partial charge in [-0.1, -0.05) is 6.08 Å². The molecule has 3 aliphatic rings. The molecule has 270 valence electrons. The van der Waals surface area contributed by atoms with E-state index in [1.807, 2.05) is 0 Å². The molecule has 0 bridgehead atoms. The van der Waals surface area contributed by atoms with Gasteiger partial charge in [-0.2, -0.15) is 0 Å². The lowest BCUT2D eigenvalue weighted by molar-refractivity contribution is -0.367. The molecule has 16 nitrogen and oxygen atoms in total. The molecule has 0 radical (unpaired) electrons. The van der Waals surface area contributed by atoms with E-state index in [0.717, 1.165) is 0 Å². The summed E-state index contributed by atoms with van der Waals surface area (Å²) in [6, 6.07) is 0. The normalized spacial score (nSPS) is 41.8. The van der Waals surface area contributed by atoms with E-state index >= 15 is 0 Å². The van der Waals surface area contributed by atoms with Crippen LogP contribution in [0.5, 0.6) is 0 Å². The maximum atomic E-state index is 11.1. The van der Waals surface area contributed by atoms with Crippen molar-refractivity contribution in [2.75, 3.05) is 26.4 Å². The minimum absolute atomic E-state index is 0.0120. The van der Waals surface area contributed by atoms with E-state index in [0.29, 0.717) is 0 Å². The average Bonchev–Trinajstić information content (AvgIpc) is 3.05. The van der Waals surface area contributed by atoms with Gasteiger partial charge in [-0.15, -0.1) is 6.58 Å². The molecule has 0 aromatic heterocycles. The quantitative estimate of drug-likeness (QED) is 0.145. The topological polar surface area (TPSA) is 159 Å². The van der Waals surface area contributed by atoms with Crippen LogP contribution in [0.25, 0.3) is 0 Å². The van der Waals surface area contributed by atoms with Crippen LogP contribution in [0.3, 0.4) is 0 Å². The zero-order valence-electron chi connectivity index (χ0n) is 24.5. The Morgan fingerprint density at radius 1 is 0.500 bits per heavy atom. The molecule has 3 rings (SSSR count).